The Labute approximate surface area is 156 Å². The Morgan fingerprint density at radius 1 is 1.11 bits per heavy atom. The van der Waals surface area contributed by atoms with Gasteiger partial charge in [0.15, 0.2) is 5.75 Å². The lowest BCUT2D eigenvalue weighted by Crippen LogP contribution is -2.22. The highest BCUT2D eigenvalue weighted by atomic mass is 16.6. The van der Waals surface area contributed by atoms with Gasteiger partial charge in [-0.15, -0.1) is 0 Å². The van der Waals surface area contributed by atoms with Gasteiger partial charge < -0.3 is 15.4 Å². The zero-order chi connectivity index (χ0) is 19.4. The number of carbonyl (C=O) groups excluding carboxylic acids is 1. The number of nitrogens with one attached hydrogen (secondary N) is 2. The quantitative estimate of drug-likeness (QED) is 0.506. The minimum atomic E-state index is -0.515. The van der Waals surface area contributed by atoms with Crippen LogP contribution in [0.25, 0.3) is 10.8 Å². The molecule has 0 spiro atoms. The molecule has 0 atom stereocenters. The van der Waals surface area contributed by atoms with Crippen molar-refractivity contribution >= 4 is 33.7 Å². The highest BCUT2D eigenvalue weighted by molar-refractivity contribution is 5.95. The van der Waals surface area contributed by atoms with Crippen LogP contribution in [-0.4, -0.2) is 24.5 Å². The first-order valence-electron chi connectivity index (χ1n) is 8.33. The summed E-state index contributed by atoms with van der Waals surface area (Å²) >= 11 is 0. The Morgan fingerprint density at radius 2 is 1.85 bits per heavy atom. The number of nitrogens with zero attached hydrogens (tertiary/aromatic N) is 1. The molecular weight excluding hydrogens is 346 g/mol. The third-order valence-electron chi connectivity index (χ3n) is 4.20. The van der Waals surface area contributed by atoms with Crippen molar-refractivity contribution in [2.45, 2.75) is 6.92 Å². The van der Waals surface area contributed by atoms with E-state index < -0.39 is 4.92 Å². The van der Waals surface area contributed by atoms with Crippen LogP contribution >= 0.6 is 0 Å². The molecule has 0 aliphatic rings. The number of fused-ring (bicyclic) bond motifs is 1. The first kappa shape index (κ1) is 18.2. The second-order valence-electron chi connectivity index (χ2n) is 6.06. The first-order valence-corrected chi connectivity index (χ1v) is 8.33. The average molecular weight is 365 g/mol. The summed E-state index contributed by atoms with van der Waals surface area (Å²) in [5.41, 5.74) is 1.76. The fraction of sp³-hybridized carbons (Fsp3) is 0.150. The summed E-state index contributed by atoms with van der Waals surface area (Å²) in [4.78, 5) is 22.8. The van der Waals surface area contributed by atoms with E-state index in [1.807, 2.05) is 42.5 Å². The Balaban J connectivity index is 1.69. The molecule has 0 aliphatic heterocycles. The smallest absolute Gasteiger partial charge is 0.311 e. The number of nitro groups is 1. The van der Waals surface area contributed by atoms with Crippen LogP contribution in [0.2, 0.25) is 0 Å². The van der Waals surface area contributed by atoms with Crippen LogP contribution in [0.5, 0.6) is 5.75 Å². The van der Waals surface area contributed by atoms with Gasteiger partial charge in [-0.3, -0.25) is 14.9 Å². The number of nitro benzene ring substituents is 1. The maximum atomic E-state index is 12.3. The summed E-state index contributed by atoms with van der Waals surface area (Å²) in [6.07, 6.45) is 0. The fourth-order valence-electron chi connectivity index (χ4n) is 2.79. The van der Waals surface area contributed by atoms with Crippen LogP contribution in [0, 0.1) is 17.0 Å². The van der Waals surface area contributed by atoms with Gasteiger partial charge in [0.25, 0.3) is 0 Å². The van der Waals surface area contributed by atoms with E-state index in [0.717, 1.165) is 16.5 Å². The van der Waals surface area contributed by atoms with Gasteiger partial charge in [0.2, 0.25) is 5.91 Å². The number of hydrogen-bond donors (Lipinski definition) is 2. The molecule has 7 heteroatoms. The summed E-state index contributed by atoms with van der Waals surface area (Å²) in [7, 11) is 1.35. The van der Waals surface area contributed by atoms with Crippen LogP contribution < -0.4 is 15.4 Å². The van der Waals surface area contributed by atoms with E-state index in [9.17, 15) is 14.9 Å². The standard InChI is InChI=1S/C20H19N3O4/c1-13-9-18(23(25)26)19(27-2)11-17(13)22-20(24)12-21-16-8-7-14-5-3-4-6-15(14)10-16/h3-11,21H,12H2,1-2H3,(H,22,24). The maximum absolute atomic E-state index is 12.3. The molecule has 7 nitrogen and oxygen atoms in total. The number of carbonyl (C=O) groups is 1. The van der Waals surface area contributed by atoms with Gasteiger partial charge in [0.1, 0.15) is 0 Å². The second-order valence-corrected chi connectivity index (χ2v) is 6.06. The Hall–Kier alpha value is -3.61. The van der Waals surface area contributed by atoms with Crippen LogP contribution in [-0.2, 0) is 4.79 Å². The van der Waals surface area contributed by atoms with Gasteiger partial charge >= 0.3 is 5.69 Å². The molecule has 0 unspecified atom stereocenters. The normalized spacial score (nSPS) is 10.4. The van der Waals surface area contributed by atoms with E-state index in [1.165, 1.54) is 19.2 Å². The largest absolute Gasteiger partial charge is 0.490 e. The lowest BCUT2D eigenvalue weighted by molar-refractivity contribution is -0.385. The van der Waals surface area contributed by atoms with Crippen molar-refractivity contribution in [3.63, 3.8) is 0 Å². The van der Waals surface area contributed by atoms with Gasteiger partial charge in [-0.05, 0) is 35.4 Å². The summed E-state index contributed by atoms with van der Waals surface area (Å²) in [6, 6.07) is 16.7. The molecule has 0 aromatic heterocycles. The van der Waals surface area contributed by atoms with E-state index in [-0.39, 0.29) is 23.9 Å². The molecule has 0 saturated heterocycles. The number of aryl methyl sites for hydroxylation is 1. The summed E-state index contributed by atoms with van der Waals surface area (Å²) in [5.74, 6) is -0.162. The number of amides is 1. The summed E-state index contributed by atoms with van der Waals surface area (Å²) in [5, 5.41) is 19.1. The van der Waals surface area contributed by atoms with Gasteiger partial charge in [0, 0.05) is 23.5 Å². The van der Waals surface area contributed by atoms with Crippen LogP contribution in [0.3, 0.4) is 0 Å². The van der Waals surface area contributed by atoms with Crippen molar-refractivity contribution in [2.24, 2.45) is 0 Å². The molecule has 0 saturated carbocycles. The Kier molecular flexibility index (Phi) is 5.21. The zero-order valence-corrected chi connectivity index (χ0v) is 15.0. The van der Waals surface area contributed by atoms with Gasteiger partial charge in [-0.2, -0.15) is 0 Å². The summed E-state index contributed by atoms with van der Waals surface area (Å²) in [6.45, 7) is 1.76. The maximum Gasteiger partial charge on any atom is 0.311 e. The van der Waals surface area contributed by atoms with Crippen LogP contribution in [0.15, 0.2) is 54.6 Å². The van der Waals surface area contributed by atoms with Crippen LogP contribution in [0.4, 0.5) is 17.1 Å². The number of methoxy groups -OCH3 is 1. The van der Waals surface area contributed by atoms with Gasteiger partial charge in [-0.25, -0.2) is 0 Å². The first-order chi connectivity index (χ1) is 13.0. The lowest BCUT2D eigenvalue weighted by Gasteiger charge is -2.12. The third kappa shape index (κ3) is 4.14. The molecule has 0 radical (unpaired) electrons. The number of benzene rings is 3. The Bertz CT molecular complexity index is 1020. The predicted molar refractivity (Wildman–Crippen MR) is 105 cm³/mol. The van der Waals surface area contributed by atoms with Crippen molar-refractivity contribution in [1.82, 2.24) is 0 Å². The molecular formula is C20H19N3O4. The molecule has 1 amide bonds. The van der Waals surface area contributed by atoms with Crippen molar-refractivity contribution in [3.8, 4) is 5.75 Å². The van der Waals surface area contributed by atoms with Crippen molar-refractivity contribution < 1.29 is 14.5 Å². The molecule has 2 N–H and O–H groups in total. The fourth-order valence-corrected chi connectivity index (χ4v) is 2.79. The highest BCUT2D eigenvalue weighted by Crippen LogP contribution is 2.32. The monoisotopic (exact) mass is 365 g/mol. The second kappa shape index (κ2) is 7.74. The van der Waals surface area contributed by atoms with E-state index in [1.54, 1.807) is 6.92 Å². The number of hydrogen-bond acceptors (Lipinski definition) is 5. The van der Waals surface area contributed by atoms with E-state index >= 15 is 0 Å². The van der Waals surface area contributed by atoms with Crippen LogP contribution in [0.1, 0.15) is 5.56 Å². The average Bonchev–Trinajstić information content (AvgIpc) is 2.67. The Morgan fingerprint density at radius 3 is 2.56 bits per heavy atom. The number of rotatable bonds is 6. The predicted octanol–water partition coefficient (Wildman–Crippen LogP) is 4.12. The number of ether oxygens (including phenoxy) is 1. The van der Waals surface area contributed by atoms with Crippen molar-refractivity contribution in [3.05, 3.63) is 70.3 Å². The number of anilines is 2. The van der Waals surface area contributed by atoms with E-state index in [4.69, 9.17) is 4.74 Å². The minimum Gasteiger partial charge on any atom is -0.490 e. The molecule has 0 bridgehead atoms. The van der Waals surface area contributed by atoms with E-state index in [2.05, 4.69) is 10.6 Å². The van der Waals surface area contributed by atoms with Gasteiger partial charge in [-0.1, -0.05) is 30.3 Å². The summed E-state index contributed by atoms with van der Waals surface area (Å²) < 4.78 is 5.05. The molecule has 3 rings (SSSR count). The molecule has 0 heterocycles. The SMILES string of the molecule is COc1cc(NC(=O)CNc2ccc3ccccc3c2)c(C)cc1[N+](=O)[O-]. The molecule has 3 aromatic carbocycles. The minimum absolute atomic E-state index is 0.0666. The zero-order valence-electron chi connectivity index (χ0n) is 15.0. The topological polar surface area (TPSA) is 93.5 Å². The van der Waals surface area contributed by atoms with Crippen molar-refractivity contribution in [2.75, 3.05) is 24.3 Å². The highest BCUT2D eigenvalue weighted by Gasteiger charge is 2.18. The molecule has 138 valence electrons. The molecule has 27 heavy (non-hydrogen) atoms. The molecule has 0 aliphatic carbocycles. The van der Waals surface area contributed by atoms with Gasteiger partial charge in [0.05, 0.1) is 18.6 Å². The van der Waals surface area contributed by atoms with E-state index in [0.29, 0.717) is 11.3 Å². The lowest BCUT2D eigenvalue weighted by atomic mass is 10.1. The third-order valence-corrected chi connectivity index (χ3v) is 4.20. The molecule has 3 aromatic rings. The van der Waals surface area contributed by atoms with Crippen molar-refractivity contribution in [1.29, 1.82) is 0 Å². The molecule has 0 fully saturated rings.